The summed E-state index contributed by atoms with van der Waals surface area (Å²) in [6, 6.07) is 7.18. The van der Waals surface area contributed by atoms with Crippen molar-refractivity contribution in [3.63, 3.8) is 0 Å². The van der Waals surface area contributed by atoms with Gasteiger partial charge in [-0.15, -0.1) is 0 Å². The Morgan fingerprint density at radius 2 is 1.68 bits per heavy atom. The van der Waals surface area contributed by atoms with Gasteiger partial charge in [0, 0.05) is 25.7 Å². The van der Waals surface area contributed by atoms with Crippen molar-refractivity contribution < 1.29 is 9.59 Å². The fourth-order valence-corrected chi connectivity index (χ4v) is 2.69. The maximum atomic E-state index is 11.9. The Balaban J connectivity index is 2.28. The number of carbonyl (C=O) groups excluding carboxylic acids is 2. The molecule has 0 fully saturated rings. The first-order chi connectivity index (χ1) is 13.4. The van der Waals surface area contributed by atoms with Gasteiger partial charge < -0.3 is 21.7 Å². The second kappa shape index (κ2) is 13.6. The Bertz CT molecular complexity index is 626. The van der Waals surface area contributed by atoms with Crippen LogP contribution in [0, 0.1) is 5.92 Å². The molecule has 0 saturated heterocycles. The zero-order valence-corrected chi connectivity index (χ0v) is 17.4. The zero-order chi connectivity index (χ0) is 20.8. The Morgan fingerprint density at radius 1 is 1.00 bits per heavy atom. The van der Waals surface area contributed by atoms with Gasteiger partial charge in [0.2, 0.25) is 5.91 Å². The topological polar surface area (TPSA) is 109 Å². The number of unbranched alkanes of at least 4 members (excludes halogenated alkanes) is 3. The van der Waals surface area contributed by atoms with Crippen molar-refractivity contribution in [1.29, 1.82) is 0 Å². The molecule has 2 amide bonds. The van der Waals surface area contributed by atoms with E-state index in [0.717, 1.165) is 30.4 Å². The maximum Gasteiger partial charge on any atom is 0.251 e. The lowest BCUT2D eigenvalue weighted by Crippen LogP contribution is -2.37. The maximum absolute atomic E-state index is 11.9. The van der Waals surface area contributed by atoms with E-state index in [0.29, 0.717) is 12.1 Å². The van der Waals surface area contributed by atoms with Gasteiger partial charge in [-0.2, -0.15) is 0 Å². The first-order valence-corrected chi connectivity index (χ1v) is 10.0. The largest absolute Gasteiger partial charge is 0.368 e. The van der Waals surface area contributed by atoms with Gasteiger partial charge >= 0.3 is 0 Å². The molecule has 0 radical (unpaired) electrons. The number of guanidine groups is 1. The summed E-state index contributed by atoms with van der Waals surface area (Å²) in [5, 5.41) is 9.06. The summed E-state index contributed by atoms with van der Waals surface area (Å²) in [6.07, 6.45) is 6.26. The first kappa shape index (κ1) is 23.5. The van der Waals surface area contributed by atoms with Crippen LogP contribution in [0.4, 0.5) is 0 Å². The third-order valence-electron chi connectivity index (χ3n) is 4.32. The van der Waals surface area contributed by atoms with E-state index in [2.05, 4.69) is 34.8 Å². The van der Waals surface area contributed by atoms with Crippen molar-refractivity contribution in [2.75, 3.05) is 20.1 Å². The van der Waals surface area contributed by atoms with Crippen molar-refractivity contribution in [3.05, 3.63) is 35.4 Å². The quantitative estimate of drug-likeness (QED) is 0.249. The standard InChI is InChI=1S/C21H35N5O2/c1-16(2)8-6-4-5-7-13-24-21(23-3)26-14-17-9-11-18(12-10-17)20(28)25-15-19(22)27/h9-12,16H,4-8,13-15H2,1-3H3,(H2,22,27)(H,25,28)(H2,23,24,26). The molecule has 0 aliphatic heterocycles. The fraction of sp³-hybridized carbons (Fsp3) is 0.571. The molecule has 0 heterocycles. The molecule has 0 aliphatic rings. The normalized spacial score (nSPS) is 11.4. The van der Waals surface area contributed by atoms with Gasteiger partial charge in [-0.1, -0.05) is 51.7 Å². The minimum Gasteiger partial charge on any atom is -0.368 e. The molecule has 28 heavy (non-hydrogen) atoms. The van der Waals surface area contributed by atoms with Crippen molar-refractivity contribution in [2.24, 2.45) is 16.6 Å². The monoisotopic (exact) mass is 389 g/mol. The van der Waals surface area contributed by atoms with Crippen LogP contribution in [0.5, 0.6) is 0 Å². The number of nitrogens with zero attached hydrogens (tertiary/aromatic N) is 1. The van der Waals surface area contributed by atoms with Gasteiger partial charge in [0.1, 0.15) is 0 Å². The van der Waals surface area contributed by atoms with Crippen molar-refractivity contribution in [1.82, 2.24) is 16.0 Å². The summed E-state index contributed by atoms with van der Waals surface area (Å²) >= 11 is 0. The first-order valence-electron chi connectivity index (χ1n) is 10.0. The minimum absolute atomic E-state index is 0.165. The van der Waals surface area contributed by atoms with Crippen LogP contribution in [0.15, 0.2) is 29.3 Å². The molecular formula is C21H35N5O2. The Morgan fingerprint density at radius 3 is 2.29 bits per heavy atom. The van der Waals surface area contributed by atoms with Crippen molar-refractivity contribution in [2.45, 2.75) is 52.5 Å². The highest BCUT2D eigenvalue weighted by Crippen LogP contribution is 2.09. The van der Waals surface area contributed by atoms with E-state index in [4.69, 9.17) is 5.73 Å². The number of aliphatic imine (C=N–C) groups is 1. The summed E-state index contributed by atoms with van der Waals surface area (Å²) < 4.78 is 0. The molecule has 0 saturated carbocycles. The number of hydrogen-bond donors (Lipinski definition) is 4. The van der Waals surface area contributed by atoms with Crippen LogP contribution in [-0.4, -0.2) is 37.9 Å². The average molecular weight is 390 g/mol. The van der Waals surface area contributed by atoms with Crippen molar-refractivity contribution >= 4 is 17.8 Å². The third kappa shape index (κ3) is 10.5. The smallest absolute Gasteiger partial charge is 0.251 e. The predicted octanol–water partition coefficient (Wildman–Crippen LogP) is 2.17. The minimum atomic E-state index is -0.566. The molecule has 7 heteroatoms. The number of carbonyl (C=O) groups is 2. The molecule has 1 aromatic carbocycles. The molecule has 0 aliphatic carbocycles. The molecule has 0 aromatic heterocycles. The highest BCUT2D eigenvalue weighted by atomic mass is 16.2. The van der Waals surface area contributed by atoms with E-state index in [1.807, 2.05) is 12.1 Å². The fourth-order valence-electron chi connectivity index (χ4n) is 2.69. The molecular weight excluding hydrogens is 354 g/mol. The average Bonchev–Trinajstić information content (AvgIpc) is 2.67. The van der Waals surface area contributed by atoms with E-state index >= 15 is 0 Å². The molecule has 156 valence electrons. The van der Waals surface area contributed by atoms with Crippen LogP contribution in [0.1, 0.15) is 61.9 Å². The predicted molar refractivity (Wildman–Crippen MR) is 114 cm³/mol. The van der Waals surface area contributed by atoms with E-state index in [-0.39, 0.29) is 12.5 Å². The summed E-state index contributed by atoms with van der Waals surface area (Å²) in [5.41, 5.74) is 6.54. The third-order valence-corrected chi connectivity index (χ3v) is 4.32. The number of amides is 2. The van der Waals surface area contributed by atoms with E-state index in [1.54, 1.807) is 19.2 Å². The second-order valence-corrected chi connectivity index (χ2v) is 7.30. The summed E-state index contributed by atoms with van der Waals surface area (Å²) in [5.74, 6) is 0.679. The lowest BCUT2D eigenvalue weighted by molar-refractivity contribution is -0.117. The molecule has 0 spiro atoms. The molecule has 0 bridgehead atoms. The number of nitrogens with two attached hydrogens (primary N) is 1. The van der Waals surface area contributed by atoms with Crippen molar-refractivity contribution in [3.8, 4) is 0 Å². The number of nitrogens with one attached hydrogen (secondary N) is 3. The zero-order valence-electron chi connectivity index (χ0n) is 17.4. The summed E-state index contributed by atoms with van der Waals surface area (Å²) in [4.78, 5) is 26.8. The van der Waals surface area contributed by atoms with Gasteiger partial charge in [0.25, 0.3) is 5.91 Å². The highest BCUT2D eigenvalue weighted by molar-refractivity contribution is 5.96. The van der Waals surface area contributed by atoms with Gasteiger partial charge in [-0.25, -0.2) is 0 Å². The second-order valence-electron chi connectivity index (χ2n) is 7.30. The SMILES string of the molecule is CN=C(NCCCCCCC(C)C)NCc1ccc(C(=O)NCC(N)=O)cc1. The van der Waals surface area contributed by atoms with Crippen LogP contribution in [0.3, 0.4) is 0 Å². The Labute approximate surface area is 168 Å². The molecule has 5 N–H and O–H groups in total. The lowest BCUT2D eigenvalue weighted by Gasteiger charge is -2.12. The number of benzene rings is 1. The summed E-state index contributed by atoms with van der Waals surface area (Å²) in [6.45, 7) is 5.88. The van der Waals surface area contributed by atoms with Gasteiger partial charge in [0.15, 0.2) is 5.96 Å². The molecule has 1 aromatic rings. The number of primary amides is 1. The van der Waals surface area contributed by atoms with E-state index in [9.17, 15) is 9.59 Å². The van der Waals surface area contributed by atoms with Crippen LogP contribution in [0.25, 0.3) is 0 Å². The van der Waals surface area contributed by atoms with E-state index in [1.165, 1.54) is 25.7 Å². The Hall–Kier alpha value is -2.57. The summed E-state index contributed by atoms with van der Waals surface area (Å²) in [7, 11) is 1.75. The van der Waals surface area contributed by atoms with E-state index < -0.39 is 5.91 Å². The molecule has 1 rings (SSSR count). The van der Waals surface area contributed by atoms with Gasteiger partial charge in [0.05, 0.1) is 6.54 Å². The molecule has 0 unspecified atom stereocenters. The van der Waals surface area contributed by atoms with Gasteiger partial charge in [-0.3, -0.25) is 14.6 Å². The lowest BCUT2D eigenvalue weighted by atomic mass is 10.0. The van der Waals surface area contributed by atoms with Crippen LogP contribution >= 0.6 is 0 Å². The van der Waals surface area contributed by atoms with Crippen LogP contribution in [0.2, 0.25) is 0 Å². The number of rotatable bonds is 12. The van der Waals surface area contributed by atoms with Crippen LogP contribution in [-0.2, 0) is 11.3 Å². The number of hydrogen-bond acceptors (Lipinski definition) is 3. The molecule has 7 nitrogen and oxygen atoms in total. The Kier molecular flexibility index (Phi) is 11.4. The molecule has 0 atom stereocenters. The van der Waals surface area contributed by atoms with Gasteiger partial charge in [-0.05, 0) is 30.0 Å². The highest BCUT2D eigenvalue weighted by Gasteiger charge is 2.06. The van der Waals surface area contributed by atoms with Crippen LogP contribution < -0.4 is 21.7 Å².